The van der Waals surface area contributed by atoms with Crippen LogP contribution in [0, 0.1) is 0 Å². The molecule has 2 aromatic carbocycles. The number of carbonyl (C=O) groups is 4. The molecule has 1 atom stereocenters. The van der Waals surface area contributed by atoms with E-state index in [1.807, 2.05) is 30.3 Å². The highest BCUT2D eigenvalue weighted by Crippen LogP contribution is 2.16. The summed E-state index contributed by atoms with van der Waals surface area (Å²) in [4.78, 5) is 49.1. The van der Waals surface area contributed by atoms with Crippen molar-refractivity contribution >= 4 is 23.7 Å². The van der Waals surface area contributed by atoms with Gasteiger partial charge in [0.05, 0.1) is 12.1 Å². The molecular formula is C23H24N2O5. The molecule has 1 fully saturated rings. The molecule has 1 aliphatic heterocycles. The van der Waals surface area contributed by atoms with Crippen LogP contribution in [0.15, 0.2) is 54.6 Å². The third-order valence-electron chi connectivity index (χ3n) is 4.89. The highest BCUT2D eigenvalue weighted by atomic mass is 16.5. The van der Waals surface area contributed by atoms with E-state index in [0.29, 0.717) is 18.5 Å². The van der Waals surface area contributed by atoms with E-state index in [0.717, 1.165) is 11.1 Å². The molecule has 1 unspecified atom stereocenters. The molecule has 0 aliphatic carbocycles. The fourth-order valence-corrected chi connectivity index (χ4v) is 3.13. The maximum atomic E-state index is 12.3. The van der Waals surface area contributed by atoms with Crippen LogP contribution >= 0.6 is 0 Å². The summed E-state index contributed by atoms with van der Waals surface area (Å²) in [6.45, 7) is 2.16. The zero-order chi connectivity index (χ0) is 21.5. The predicted octanol–water partition coefficient (Wildman–Crippen LogP) is 2.24. The second-order valence-electron chi connectivity index (χ2n) is 7.14. The first-order chi connectivity index (χ1) is 14.4. The van der Waals surface area contributed by atoms with Crippen LogP contribution in [0.5, 0.6) is 0 Å². The number of rotatable bonds is 8. The van der Waals surface area contributed by atoms with Gasteiger partial charge >= 0.3 is 5.97 Å². The summed E-state index contributed by atoms with van der Waals surface area (Å²) in [5.74, 6) is -1.34. The van der Waals surface area contributed by atoms with E-state index in [1.165, 1.54) is 11.8 Å². The summed E-state index contributed by atoms with van der Waals surface area (Å²) in [6.07, 6.45) is 0.257. The Kier molecular flexibility index (Phi) is 6.95. The molecule has 1 heterocycles. The standard InChI is InChI=1S/C23H24N2O5/c1-16(22(28)24-14-13-17-5-3-2-4-6-17)30-23(29)19-9-7-18(8-10-19)15-25-20(26)11-12-21(25)27/h2-10,16H,11-15H2,1H3,(H,24,28). The fourth-order valence-electron chi connectivity index (χ4n) is 3.13. The van der Waals surface area contributed by atoms with Crippen LogP contribution in [-0.4, -0.2) is 41.2 Å². The number of imide groups is 1. The normalized spacial score (nSPS) is 14.5. The molecule has 30 heavy (non-hydrogen) atoms. The molecule has 1 aliphatic rings. The summed E-state index contributed by atoms with van der Waals surface area (Å²) in [7, 11) is 0. The van der Waals surface area contributed by atoms with Gasteiger partial charge in [0.15, 0.2) is 6.10 Å². The molecular weight excluding hydrogens is 384 g/mol. The lowest BCUT2D eigenvalue weighted by molar-refractivity contribution is -0.139. The van der Waals surface area contributed by atoms with Crippen molar-refractivity contribution in [1.82, 2.24) is 10.2 Å². The van der Waals surface area contributed by atoms with Gasteiger partial charge in [0.1, 0.15) is 0 Å². The van der Waals surface area contributed by atoms with Gasteiger partial charge in [-0.15, -0.1) is 0 Å². The van der Waals surface area contributed by atoms with Crippen molar-refractivity contribution in [3.8, 4) is 0 Å². The summed E-state index contributed by atoms with van der Waals surface area (Å²) in [5.41, 5.74) is 2.14. The summed E-state index contributed by atoms with van der Waals surface area (Å²) < 4.78 is 5.24. The molecule has 0 aromatic heterocycles. The van der Waals surface area contributed by atoms with E-state index >= 15 is 0 Å². The van der Waals surface area contributed by atoms with Crippen LogP contribution in [0.25, 0.3) is 0 Å². The van der Waals surface area contributed by atoms with Gasteiger partial charge < -0.3 is 10.1 Å². The molecule has 1 saturated heterocycles. The molecule has 1 N–H and O–H groups in total. The van der Waals surface area contributed by atoms with E-state index < -0.39 is 12.1 Å². The topological polar surface area (TPSA) is 92.8 Å². The number of nitrogens with zero attached hydrogens (tertiary/aromatic N) is 1. The Morgan fingerprint density at radius 3 is 2.23 bits per heavy atom. The number of ether oxygens (including phenoxy) is 1. The van der Waals surface area contributed by atoms with Crippen molar-refractivity contribution in [3.05, 3.63) is 71.3 Å². The van der Waals surface area contributed by atoms with E-state index in [-0.39, 0.29) is 37.1 Å². The molecule has 0 saturated carbocycles. The Hall–Kier alpha value is -3.48. The van der Waals surface area contributed by atoms with Crippen molar-refractivity contribution in [2.24, 2.45) is 0 Å². The first-order valence-electron chi connectivity index (χ1n) is 9.89. The zero-order valence-electron chi connectivity index (χ0n) is 16.8. The van der Waals surface area contributed by atoms with E-state index in [4.69, 9.17) is 4.74 Å². The number of hydrogen-bond donors (Lipinski definition) is 1. The second kappa shape index (κ2) is 9.82. The van der Waals surface area contributed by atoms with Gasteiger partial charge in [0, 0.05) is 19.4 Å². The first-order valence-corrected chi connectivity index (χ1v) is 9.89. The molecule has 156 valence electrons. The molecule has 7 nitrogen and oxygen atoms in total. The molecule has 3 rings (SSSR count). The minimum Gasteiger partial charge on any atom is -0.449 e. The Bertz CT molecular complexity index is 908. The average Bonchev–Trinajstić information content (AvgIpc) is 3.07. The van der Waals surface area contributed by atoms with Crippen LogP contribution in [0.2, 0.25) is 0 Å². The summed E-state index contributed by atoms with van der Waals surface area (Å²) >= 11 is 0. The molecule has 3 amide bonds. The quantitative estimate of drug-likeness (QED) is 0.534. The minimum atomic E-state index is -0.923. The minimum absolute atomic E-state index is 0.185. The maximum absolute atomic E-state index is 12.3. The largest absolute Gasteiger partial charge is 0.449 e. The summed E-state index contributed by atoms with van der Waals surface area (Å²) in [6, 6.07) is 16.2. The number of amides is 3. The van der Waals surface area contributed by atoms with Crippen LogP contribution in [0.1, 0.15) is 41.3 Å². The van der Waals surface area contributed by atoms with E-state index in [1.54, 1.807) is 24.3 Å². The average molecular weight is 408 g/mol. The highest BCUT2D eigenvalue weighted by Gasteiger charge is 2.28. The van der Waals surface area contributed by atoms with Crippen molar-refractivity contribution in [2.75, 3.05) is 6.54 Å². The Morgan fingerprint density at radius 1 is 0.967 bits per heavy atom. The number of esters is 1. The third-order valence-corrected chi connectivity index (χ3v) is 4.89. The Morgan fingerprint density at radius 2 is 1.60 bits per heavy atom. The van der Waals surface area contributed by atoms with Crippen molar-refractivity contribution in [1.29, 1.82) is 0 Å². The van der Waals surface area contributed by atoms with Gasteiger partial charge in [0.25, 0.3) is 5.91 Å². The fraction of sp³-hybridized carbons (Fsp3) is 0.304. The van der Waals surface area contributed by atoms with Gasteiger partial charge in [-0.05, 0) is 36.6 Å². The maximum Gasteiger partial charge on any atom is 0.338 e. The van der Waals surface area contributed by atoms with Crippen LogP contribution in [0.4, 0.5) is 0 Å². The Balaban J connectivity index is 1.46. The molecule has 0 spiro atoms. The van der Waals surface area contributed by atoms with Crippen molar-refractivity contribution in [3.63, 3.8) is 0 Å². The molecule has 0 bridgehead atoms. The van der Waals surface area contributed by atoms with E-state index in [9.17, 15) is 19.2 Å². The lowest BCUT2D eigenvalue weighted by atomic mass is 10.1. The van der Waals surface area contributed by atoms with E-state index in [2.05, 4.69) is 5.32 Å². The Labute approximate surface area is 175 Å². The number of hydrogen-bond acceptors (Lipinski definition) is 5. The number of nitrogens with one attached hydrogen (secondary N) is 1. The number of likely N-dealkylation sites (tertiary alicyclic amines) is 1. The van der Waals surface area contributed by atoms with Gasteiger partial charge in [-0.1, -0.05) is 42.5 Å². The van der Waals surface area contributed by atoms with Gasteiger partial charge in [-0.3, -0.25) is 19.3 Å². The van der Waals surface area contributed by atoms with Gasteiger partial charge in [-0.25, -0.2) is 4.79 Å². The van der Waals surface area contributed by atoms with Crippen LogP contribution < -0.4 is 5.32 Å². The highest BCUT2D eigenvalue weighted by molar-refractivity contribution is 6.01. The predicted molar refractivity (Wildman–Crippen MR) is 109 cm³/mol. The monoisotopic (exact) mass is 408 g/mol. The van der Waals surface area contributed by atoms with Gasteiger partial charge in [0.2, 0.25) is 11.8 Å². The second-order valence-corrected chi connectivity index (χ2v) is 7.14. The van der Waals surface area contributed by atoms with Gasteiger partial charge in [-0.2, -0.15) is 0 Å². The van der Waals surface area contributed by atoms with Crippen LogP contribution in [-0.2, 0) is 32.1 Å². The lowest BCUT2D eigenvalue weighted by Crippen LogP contribution is -2.36. The molecule has 7 heteroatoms. The van der Waals surface area contributed by atoms with Crippen molar-refractivity contribution in [2.45, 2.75) is 38.8 Å². The SMILES string of the molecule is CC(OC(=O)c1ccc(CN2C(=O)CCC2=O)cc1)C(=O)NCCc1ccccc1. The third kappa shape index (κ3) is 5.53. The lowest BCUT2D eigenvalue weighted by Gasteiger charge is -2.15. The number of benzene rings is 2. The smallest absolute Gasteiger partial charge is 0.338 e. The van der Waals surface area contributed by atoms with Crippen LogP contribution in [0.3, 0.4) is 0 Å². The zero-order valence-corrected chi connectivity index (χ0v) is 16.8. The molecule has 2 aromatic rings. The molecule has 0 radical (unpaired) electrons. The summed E-state index contributed by atoms with van der Waals surface area (Å²) in [5, 5.41) is 2.76. The first kappa shape index (κ1) is 21.2. The van der Waals surface area contributed by atoms with Crippen molar-refractivity contribution < 1.29 is 23.9 Å². The number of carbonyl (C=O) groups excluding carboxylic acids is 4.